The molecule has 2 aliphatic rings. The van der Waals surface area contributed by atoms with Crippen LogP contribution in [0.3, 0.4) is 0 Å². The first kappa shape index (κ1) is 19.7. The van der Waals surface area contributed by atoms with Gasteiger partial charge >= 0.3 is 0 Å². The summed E-state index contributed by atoms with van der Waals surface area (Å²) in [5.74, 6) is 0.902. The largest absolute Gasteiger partial charge is 0.491 e. The summed E-state index contributed by atoms with van der Waals surface area (Å²) in [4.78, 5) is 29.2. The van der Waals surface area contributed by atoms with Crippen LogP contribution >= 0.6 is 0 Å². The molecule has 0 bridgehead atoms. The lowest BCUT2D eigenvalue weighted by atomic mass is 10.1. The van der Waals surface area contributed by atoms with Crippen molar-refractivity contribution in [3.8, 4) is 5.75 Å². The maximum absolute atomic E-state index is 12.9. The van der Waals surface area contributed by atoms with Gasteiger partial charge in [-0.25, -0.2) is 0 Å². The first-order chi connectivity index (χ1) is 13.0. The third-order valence-electron chi connectivity index (χ3n) is 5.08. The van der Waals surface area contributed by atoms with Crippen molar-refractivity contribution in [3.63, 3.8) is 0 Å². The summed E-state index contributed by atoms with van der Waals surface area (Å²) in [5, 5.41) is 0. The highest BCUT2D eigenvalue weighted by Gasteiger charge is 2.30. The maximum Gasteiger partial charge on any atom is 0.253 e. The molecule has 6 heteroatoms. The predicted octanol–water partition coefficient (Wildman–Crippen LogP) is 2.64. The minimum atomic E-state index is -0.289. The molecular weight excluding hydrogens is 344 g/mol. The van der Waals surface area contributed by atoms with Gasteiger partial charge in [0.05, 0.1) is 6.10 Å². The van der Waals surface area contributed by atoms with Crippen molar-refractivity contribution in [1.82, 2.24) is 9.80 Å². The van der Waals surface area contributed by atoms with Gasteiger partial charge in [0.15, 0.2) is 0 Å². The van der Waals surface area contributed by atoms with Crippen molar-refractivity contribution in [2.75, 3.05) is 32.8 Å². The number of carbonyl (C=O) groups excluding carboxylic acids is 2. The van der Waals surface area contributed by atoms with Gasteiger partial charge in [0.1, 0.15) is 11.9 Å². The van der Waals surface area contributed by atoms with Crippen LogP contribution in [0.1, 0.15) is 49.0 Å². The van der Waals surface area contributed by atoms with E-state index in [0.717, 1.165) is 30.6 Å². The van der Waals surface area contributed by atoms with Gasteiger partial charge < -0.3 is 19.3 Å². The van der Waals surface area contributed by atoms with E-state index in [4.69, 9.17) is 9.47 Å². The highest BCUT2D eigenvalue weighted by atomic mass is 16.5. The van der Waals surface area contributed by atoms with Gasteiger partial charge in [-0.05, 0) is 63.8 Å². The van der Waals surface area contributed by atoms with Crippen molar-refractivity contribution in [1.29, 1.82) is 0 Å². The summed E-state index contributed by atoms with van der Waals surface area (Å²) in [6.45, 7) is 9.07. The molecule has 2 aliphatic heterocycles. The van der Waals surface area contributed by atoms with E-state index >= 15 is 0 Å². The Bertz CT molecular complexity index is 683. The zero-order chi connectivity index (χ0) is 19.4. The predicted molar refractivity (Wildman–Crippen MR) is 103 cm³/mol. The molecule has 0 aromatic heterocycles. The SMILES string of the molecule is Cc1cc(C(=O)N2CCCN(C(=O)C3CCCO3)CC2)ccc1OC(C)C. The van der Waals surface area contributed by atoms with Crippen LogP contribution < -0.4 is 4.74 Å². The smallest absolute Gasteiger partial charge is 0.253 e. The summed E-state index contributed by atoms with van der Waals surface area (Å²) in [5.41, 5.74) is 1.63. The minimum Gasteiger partial charge on any atom is -0.491 e. The van der Waals surface area contributed by atoms with Gasteiger partial charge in [0.25, 0.3) is 11.8 Å². The van der Waals surface area contributed by atoms with Crippen LogP contribution in [0.15, 0.2) is 18.2 Å². The molecule has 0 radical (unpaired) electrons. The molecule has 2 heterocycles. The molecule has 3 rings (SSSR count). The Kier molecular flexibility index (Phi) is 6.37. The van der Waals surface area contributed by atoms with Crippen LogP contribution in [-0.2, 0) is 9.53 Å². The molecule has 0 saturated carbocycles. The molecule has 0 aliphatic carbocycles. The van der Waals surface area contributed by atoms with Crippen molar-refractivity contribution >= 4 is 11.8 Å². The van der Waals surface area contributed by atoms with Crippen molar-refractivity contribution in [3.05, 3.63) is 29.3 Å². The number of amides is 2. The zero-order valence-corrected chi connectivity index (χ0v) is 16.6. The van der Waals surface area contributed by atoms with E-state index in [1.807, 2.05) is 48.8 Å². The summed E-state index contributed by atoms with van der Waals surface area (Å²) in [6.07, 6.45) is 2.36. The molecule has 2 fully saturated rings. The van der Waals surface area contributed by atoms with Gasteiger partial charge in [-0.1, -0.05) is 0 Å². The van der Waals surface area contributed by atoms with Gasteiger partial charge in [-0.3, -0.25) is 9.59 Å². The van der Waals surface area contributed by atoms with Crippen LogP contribution in [0.5, 0.6) is 5.75 Å². The average molecular weight is 374 g/mol. The lowest BCUT2D eigenvalue weighted by Crippen LogP contribution is -2.41. The van der Waals surface area contributed by atoms with Crippen LogP contribution in [-0.4, -0.2) is 66.6 Å². The Morgan fingerprint density at radius 2 is 1.85 bits per heavy atom. The molecule has 2 saturated heterocycles. The molecule has 27 heavy (non-hydrogen) atoms. The van der Waals surface area contributed by atoms with Crippen LogP contribution in [0.25, 0.3) is 0 Å². The van der Waals surface area contributed by atoms with Crippen molar-refractivity contribution in [2.24, 2.45) is 0 Å². The number of hydrogen-bond donors (Lipinski definition) is 0. The molecular formula is C21H30N2O4. The van der Waals surface area contributed by atoms with Crippen LogP contribution in [0, 0.1) is 6.92 Å². The fraction of sp³-hybridized carbons (Fsp3) is 0.619. The Labute approximate surface area is 161 Å². The van der Waals surface area contributed by atoms with E-state index in [9.17, 15) is 9.59 Å². The molecule has 2 amide bonds. The number of rotatable bonds is 4. The molecule has 1 aromatic rings. The molecule has 1 unspecified atom stereocenters. The van der Waals surface area contributed by atoms with Crippen LogP contribution in [0.2, 0.25) is 0 Å². The summed E-state index contributed by atoms with van der Waals surface area (Å²) in [6, 6.07) is 5.58. The van der Waals surface area contributed by atoms with E-state index in [0.29, 0.717) is 38.3 Å². The fourth-order valence-corrected chi connectivity index (χ4v) is 3.67. The number of aryl methyl sites for hydroxylation is 1. The molecule has 6 nitrogen and oxygen atoms in total. The van der Waals surface area contributed by atoms with E-state index in [1.54, 1.807) is 0 Å². The Morgan fingerprint density at radius 3 is 2.52 bits per heavy atom. The highest BCUT2D eigenvalue weighted by molar-refractivity contribution is 5.94. The fourth-order valence-electron chi connectivity index (χ4n) is 3.67. The Hall–Kier alpha value is -2.08. The molecule has 1 atom stereocenters. The van der Waals surface area contributed by atoms with E-state index in [1.165, 1.54) is 0 Å². The lowest BCUT2D eigenvalue weighted by Gasteiger charge is -2.24. The Morgan fingerprint density at radius 1 is 1.11 bits per heavy atom. The normalized spacial score (nSPS) is 20.7. The van der Waals surface area contributed by atoms with Crippen molar-refractivity contribution in [2.45, 2.75) is 52.2 Å². The quantitative estimate of drug-likeness (QED) is 0.813. The molecule has 0 spiro atoms. The van der Waals surface area contributed by atoms with Gasteiger partial charge in [-0.2, -0.15) is 0 Å². The monoisotopic (exact) mass is 374 g/mol. The standard InChI is InChI=1S/C21H30N2O4/c1-15(2)27-18-8-7-17(14-16(18)3)20(24)22-9-5-10-23(12-11-22)21(25)19-6-4-13-26-19/h7-8,14-15,19H,4-6,9-13H2,1-3H3. The van der Waals surface area contributed by atoms with Gasteiger partial charge in [-0.15, -0.1) is 0 Å². The molecule has 1 aromatic carbocycles. The van der Waals surface area contributed by atoms with E-state index < -0.39 is 0 Å². The second kappa shape index (κ2) is 8.74. The van der Waals surface area contributed by atoms with Crippen LogP contribution in [0.4, 0.5) is 0 Å². The summed E-state index contributed by atoms with van der Waals surface area (Å²) >= 11 is 0. The zero-order valence-electron chi connectivity index (χ0n) is 16.6. The first-order valence-electron chi connectivity index (χ1n) is 9.92. The number of ether oxygens (including phenoxy) is 2. The van der Waals surface area contributed by atoms with Gasteiger partial charge in [0, 0.05) is 38.3 Å². The molecule has 0 N–H and O–H groups in total. The van der Waals surface area contributed by atoms with Gasteiger partial charge in [0.2, 0.25) is 0 Å². The minimum absolute atomic E-state index is 0.0145. The van der Waals surface area contributed by atoms with E-state index in [2.05, 4.69) is 0 Å². The third-order valence-corrected chi connectivity index (χ3v) is 5.08. The highest BCUT2D eigenvalue weighted by Crippen LogP contribution is 2.22. The number of nitrogens with zero attached hydrogens (tertiary/aromatic N) is 2. The molecule has 148 valence electrons. The second-order valence-electron chi connectivity index (χ2n) is 7.62. The number of benzene rings is 1. The third kappa shape index (κ3) is 4.80. The second-order valence-corrected chi connectivity index (χ2v) is 7.62. The summed E-state index contributed by atoms with van der Waals surface area (Å²) < 4.78 is 11.3. The maximum atomic E-state index is 12.9. The topological polar surface area (TPSA) is 59.1 Å². The first-order valence-corrected chi connectivity index (χ1v) is 9.92. The number of hydrogen-bond acceptors (Lipinski definition) is 4. The van der Waals surface area contributed by atoms with Crippen molar-refractivity contribution < 1.29 is 19.1 Å². The average Bonchev–Trinajstić information content (AvgIpc) is 3.06. The lowest BCUT2D eigenvalue weighted by molar-refractivity contribution is -0.140. The van der Waals surface area contributed by atoms with E-state index in [-0.39, 0.29) is 24.0 Å². The summed E-state index contributed by atoms with van der Waals surface area (Å²) in [7, 11) is 0. The Balaban J connectivity index is 1.62. The number of carbonyl (C=O) groups is 2.